The van der Waals surface area contributed by atoms with Gasteiger partial charge in [0, 0.05) is 42.6 Å². The lowest BCUT2D eigenvalue weighted by atomic mass is 9.96. The van der Waals surface area contributed by atoms with Crippen LogP contribution in [0.5, 0.6) is 0 Å². The molecule has 2 rings (SSSR count). The molecule has 5 nitrogen and oxygen atoms in total. The van der Waals surface area contributed by atoms with E-state index in [0.29, 0.717) is 19.5 Å². The molecule has 0 aliphatic heterocycles. The number of nitrogens with one attached hydrogen (secondary N) is 1. The average Bonchev–Trinajstić information content (AvgIpc) is 2.82. The van der Waals surface area contributed by atoms with Crippen molar-refractivity contribution in [2.75, 3.05) is 13.2 Å². The summed E-state index contributed by atoms with van der Waals surface area (Å²) in [6.07, 6.45) is 0.879. The Balaban J connectivity index is 1.88. The summed E-state index contributed by atoms with van der Waals surface area (Å²) in [5, 5.41) is 12.1. The van der Waals surface area contributed by atoms with Crippen molar-refractivity contribution in [3.8, 4) is 0 Å². The fraction of sp³-hybridized carbons (Fsp3) is 0.444. The number of thiazole rings is 1. The van der Waals surface area contributed by atoms with Gasteiger partial charge in [0.25, 0.3) is 0 Å². The highest BCUT2D eigenvalue weighted by molar-refractivity contribution is 7.09. The molecule has 1 amide bonds. The van der Waals surface area contributed by atoms with E-state index < -0.39 is 0 Å². The summed E-state index contributed by atoms with van der Waals surface area (Å²) in [6, 6.07) is 9.86. The van der Waals surface area contributed by atoms with Crippen molar-refractivity contribution in [1.82, 2.24) is 9.88 Å². The van der Waals surface area contributed by atoms with Gasteiger partial charge >= 0.3 is 4.87 Å². The molecule has 0 bridgehead atoms. The van der Waals surface area contributed by atoms with Crippen LogP contribution in [-0.2, 0) is 11.3 Å². The number of aryl methyl sites for hydroxylation is 1. The van der Waals surface area contributed by atoms with E-state index >= 15 is 0 Å². The standard InChI is InChI=1S/C18H24N2O3S/c1-13-14(2)24-18(23)20(13)10-8-17(22)19-12-16(9-11-21)15-6-4-3-5-7-15/h3-7,16,21H,8-12H2,1-2H3,(H,19,22). The van der Waals surface area contributed by atoms with Crippen molar-refractivity contribution in [2.45, 2.75) is 39.2 Å². The van der Waals surface area contributed by atoms with Crippen molar-refractivity contribution in [2.24, 2.45) is 0 Å². The summed E-state index contributed by atoms with van der Waals surface area (Å²) in [7, 11) is 0. The molecule has 2 N–H and O–H groups in total. The molecule has 1 heterocycles. The van der Waals surface area contributed by atoms with Gasteiger partial charge in [0.15, 0.2) is 0 Å². The summed E-state index contributed by atoms with van der Waals surface area (Å²) in [4.78, 5) is 24.9. The Morgan fingerprint density at radius 2 is 2.00 bits per heavy atom. The molecule has 0 saturated carbocycles. The Morgan fingerprint density at radius 1 is 1.29 bits per heavy atom. The van der Waals surface area contributed by atoms with E-state index in [1.54, 1.807) is 4.57 Å². The molecule has 0 aliphatic carbocycles. The number of hydrogen-bond donors (Lipinski definition) is 2. The van der Waals surface area contributed by atoms with Crippen LogP contribution in [0.2, 0.25) is 0 Å². The molecule has 1 atom stereocenters. The van der Waals surface area contributed by atoms with Crippen LogP contribution in [0.25, 0.3) is 0 Å². The highest BCUT2D eigenvalue weighted by Gasteiger charge is 2.13. The van der Waals surface area contributed by atoms with E-state index in [1.807, 2.05) is 44.2 Å². The molecule has 24 heavy (non-hydrogen) atoms. The molecule has 130 valence electrons. The van der Waals surface area contributed by atoms with Gasteiger partial charge in [0.2, 0.25) is 5.91 Å². The van der Waals surface area contributed by atoms with E-state index in [-0.39, 0.29) is 29.7 Å². The summed E-state index contributed by atoms with van der Waals surface area (Å²) in [6.45, 7) is 4.78. The van der Waals surface area contributed by atoms with Gasteiger partial charge in [-0.1, -0.05) is 41.7 Å². The molecule has 1 aromatic carbocycles. The second-order valence-corrected chi connectivity index (χ2v) is 7.00. The maximum atomic E-state index is 12.1. The van der Waals surface area contributed by atoms with Crippen molar-refractivity contribution in [3.05, 3.63) is 56.1 Å². The van der Waals surface area contributed by atoms with E-state index in [1.165, 1.54) is 11.3 Å². The third kappa shape index (κ3) is 4.79. The first-order chi connectivity index (χ1) is 11.5. The second kappa shape index (κ2) is 8.80. The molecular formula is C18H24N2O3S. The van der Waals surface area contributed by atoms with Crippen molar-refractivity contribution in [3.63, 3.8) is 0 Å². The number of amides is 1. The number of aliphatic hydroxyl groups excluding tert-OH is 1. The van der Waals surface area contributed by atoms with Gasteiger partial charge in [0.1, 0.15) is 0 Å². The van der Waals surface area contributed by atoms with Crippen molar-refractivity contribution < 1.29 is 9.90 Å². The van der Waals surface area contributed by atoms with Gasteiger partial charge in [-0.15, -0.1) is 0 Å². The van der Waals surface area contributed by atoms with Crippen molar-refractivity contribution in [1.29, 1.82) is 0 Å². The number of nitrogens with zero attached hydrogens (tertiary/aromatic N) is 1. The normalized spacial score (nSPS) is 12.1. The first-order valence-electron chi connectivity index (χ1n) is 8.12. The third-order valence-corrected chi connectivity index (χ3v) is 5.23. The van der Waals surface area contributed by atoms with Gasteiger partial charge in [-0.3, -0.25) is 9.59 Å². The monoisotopic (exact) mass is 348 g/mol. The van der Waals surface area contributed by atoms with Crippen LogP contribution in [0.1, 0.15) is 34.9 Å². The van der Waals surface area contributed by atoms with Gasteiger partial charge in [0.05, 0.1) is 0 Å². The fourth-order valence-electron chi connectivity index (χ4n) is 2.65. The number of aliphatic hydroxyl groups is 1. The van der Waals surface area contributed by atoms with Crippen LogP contribution >= 0.6 is 11.3 Å². The van der Waals surface area contributed by atoms with E-state index in [9.17, 15) is 14.7 Å². The smallest absolute Gasteiger partial charge is 0.307 e. The summed E-state index contributed by atoms with van der Waals surface area (Å²) >= 11 is 1.22. The SMILES string of the molecule is Cc1sc(=O)n(CCC(=O)NCC(CCO)c2ccccc2)c1C. The maximum absolute atomic E-state index is 12.1. The number of carbonyl (C=O) groups excluding carboxylic acids is 1. The molecule has 1 unspecified atom stereocenters. The zero-order valence-corrected chi connectivity index (χ0v) is 14.9. The fourth-order valence-corrected chi connectivity index (χ4v) is 3.51. The lowest BCUT2D eigenvalue weighted by molar-refractivity contribution is -0.121. The Kier molecular flexibility index (Phi) is 6.75. The van der Waals surface area contributed by atoms with Crippen LogP contribution in [-0.4, -0.2) is 28.7 Å². The van der Waals surface area contributed by atoms with Gasteiger partial charge < -0.3 is 15.0 Å². The summed E-state index contributed by atoms with van der Waals surface area (Å²) in [5.41, 5.74) is 2.03. The van der Waals surface area contributed by atoms with Crippen molar-refractivity contribution >= 4 is 17.2 Å². The molecule has 0 fully saturated rings. The minimum atomic E-state index is -0.0796. The highest BCUT2D eigenvalue weighted by Crippen LogP contribution is 2.18. The van der Waals surface area contributed by atoms with Gasteiger partial charge in [-0.25, -0.2) is 0 Å². The highest BCUT2D eigenvalue weighted by atomic mass is 32.1. The number of rotatable bonds is 8. The summed E-state index contributed by atoms with van der Waals surface area (Å²) in [5.74, 6) is 0.0111. The minimum Gasteiger partial charge on any atom is -0.396 e. The quantitative estimate of drug-likeness (QED) is 0.768. The Morgan fingerprint density at radius 3 is 2.58 bits per heavy atom. The Bertz CT molecular complexity index is 722. The predicted octanol–water partition coefficient (Wildman–Crippen LogP) is 2.20. The molecule has 0 aliphatic rings. The first kappa shape index (κ1) is 18.4. The molecule has 0 saturated heterocycles. The summed E-state index contributed by atoms with van der Waals surface area (Å²) < 4.78 is 1.65. The number of benzene rings is 1. The van der Waals surface area contributed by atoms with Crippen LogP contribution in [0, 0.1) is 13.8 Å². The first-order valence-corrected chi connectivity index (χ1v) is 8.94. The number of carbonyl (C=O) groups is 1. The van der Waals surface area contributed by atoms with Gasteiger partial charge in [-0.05, 0) is 25.8 Å². The van der Waals surface area contributed by atoms with Gasteiger partial charge in [-0.2, -0.15) is 0 Å². The van der Waals surface area contributed by atoms with E-state index in [0.717, 1.165) is 16.1 Å². The zero-order chi connectivity index (χ0) is 17.5. The zero-order valence-electron chi connectivity index (χ0n) is 14.1. The average molecular weight is 348 g/mol. The Labute approximate surface area is 146 Å². The third-order valence-electron chi connectivity index (χ3n) is 4.23. The lowest BCUT2D eigenvalue weighted by Gasteiger charge is -2.17. The van der Waals surface area contributed by atoms with Crippen LogP contribution in [0.15, 0.2) is 35.1 Å². The lowest BCUT2D eigenvalue weighted by Crippen LogP contribution is -2.30. The molecule has 6 heteroatoms. The topological polar surface area (TPSA) is 71.3 Å². The number of hydrogen-bond acceptors (Lipinski definition) is 4. The predicted molar refractivity (Wildman–Crippen MR) is 96.6 cm³/mol. The van der Waals surface area contributed by atoms with Crippen LogP contribution in [0.3, 0.4) is 0 Å². The molecule has 0 spiro atoms. The molecule has 0 radical (unpaired) electrons. The van der Waals surface area contributed by atoms with Crippen LogP contribution < -0.4 is 10.2 Å². The minimum absolute atomic E-state index is 0.0137. The van der Waals surface area contributed by atoms with E-state index in [4.69, 9.17) is 0 Å². The number of aromatic nitrogens is 1. The molecule has 2 aromatic rings. The molecular weight excluding hydrogens is 324 g/mol. The van der Waals surface area contributed by atoms with E-state index in [2.05, 4.69) is 5.32 Å². The largest absolute Gasteiger partial charge is 0.396 e. The molecule has 1 aromatic heterocycles. The maximum Gasteiger partial charge on any atom is 0.307 e. The second-order valence-electron chi connectivity index (χ2n) is 5.84. The Hall–Kier alpha value is -1.92. The van der Waals surface area contributed by atoms with Crippen LogP contribution in [0.4, 0.5) is 0 Å².